The van der Waals surface area contributed by atoms with Gasteiger partial charge in [-0.3, -0.25) is 4.79 Å². The van der Waals surface area contributed by atoms with Crippen molar-refractivity contribution in [1.29, 1.82) is 0 Å². The van der Waals surface area contributed by atoms with Crippen LogP contribution < -0.4 is 10.1 Å². The Balaban J connectivity index is 2.08. The van der Waals surface area contributed by atoms with Crippen LogP contribution in [0.3, 0.4) is 0 Å². The maximum absolute atomic E-state index is 12.5. The second-order valence-electron chi connectivity index (χ2n) is 5.78. The molecule has 124 valence electrons. The molecular formula is C18H25N3O2. The molecular weight excluding hydrogens is 290 g/mol. The molecule has 0 fully saturated rings. The number of nitrogens with zero attached hydrogens (tertiary/aromatic N) is 2. The van der Waals surface area contributed by atoms with Crippen LogP contribution in [0.4, 0.5) is 5.69 Å². The number of rotatable bonds is 6. The highest BCUT2D eigenvalue weighted by Crippen LogP contribution is 2.25. The summed E-state index contributed by atoms with van der Waals surface area (Å²) in [5, 5.41) is 7.55. The zero-order valence-electron chi connectivity index (χ0n) is 14.5. The van der Waals surface area contributed by atoms with E-state index in [1.54, 1.807) is 7.11 Å². The topological polar surface area (TPSA) is 56.2 Å². The lowest BCUT2D eigenvalue weighted by Gasteiger charge is -2.10. The minimum absolute atomic E-state index is 0.0593. The standard InChI is InChI=1S/C18H25N3O2/c1-6-12(2)18-13(3)20-21(14(18)4)17(22)11-19-15-7-9-16(23-5)10-8-15/h7-10,12,19H,6,11H2,1-5H3. The molecule has 1 N–H and O–H groups in total. The van der Waals surface area contributed by atoms with Crippen molar-refractivity contribution < 1.29 is 9.53 Å². The van der Waals surface area contributed by atoms with Crippen LogP contribution >= 0.6 is 0 Å². The highest BCUT2D eigenvalue weighted by Gasteiger charge is 2.19. The molecule has 0 bridgehead atoms. The average molecular weight is 315 g/mol. The van der Waals surface area contributed by atoms with E-state index in [9.17, 15) is 4.79 Å². The number of methoxy groups -OCH3 is 1. The molecule has 1 unspecified atom stereocenters. The van der Waals surface area contributed by atoms with Crippen LogP contribution in [0.15, 0.2) is 24.3 Å². The monoisotopic (exact) mass is 315 g/mol. The number of carbonyl (C=O) groups is 1. The van der Waals surface area contributed by atoms with Gasteiger partial charge in [0.05, 0.1) is 19.3 Å². The first-order valence-electron chi connectivity index (χ1n) is 7.95. The predicted molar refractivity (Wildman–Crippen MR) is 92.5 cm³/mol. The molecule has 0 aliphatic rings. The fourth-order valence-electron chi connectivity index (χ4n) is 2.78. The van der Waals surface area contributed by atoms with Gasteiger partial charge >= 0.3 is 0 Å². The largest absolute Gasteiger partial charge is 0.497 e. The van der Waals surface area contributed by atoms with Crippen LogP contribution in [0, 0.1) is 13.8 Å². The number of ether oxygens (including phenoxy) is 1. The Morgan fingerprint density at radius 2 is 1.96 bits per heavy atom. The number of nitrogens with one attached hydrogen (secondary N) is 1. The summed E-state index contributed by atoms with van der Waals surface area (Å²) >= 11 is 0. The highest BCUT2D eigenvalue weighted by molar-refractivity contribution is 5.83. The first-order chi connectivity index (χ1) is 11.0. The molecule has 0 aliphatic carbocycles. The van der Waals surface area contributed by atoms with Crippen molar-refractivity contribution in [2.24, 2.45) is 0 Å². The Bertz CT molecular complexity index is 674. The van der Waals surface area contributed by atoms with Gasteiger partial charge in [-0.05, 0) is 56.0 Å². The fourth-order valence-corrected chi connectivity index (χ4v) is 2.78. The lowest BCUT2D eigenvalue weighted by molar-refractivity contribution is 0.0910. The van der Waals surface area contributed by atoms with Gasteiger partial charge in [0.25, 0.3) is 5.91 Å². The average Bonchev–Trinajstić information content (AvgIpc) is 2.87. The van der Waals surface area contributed by atoms with E-state index in [0.29, 0.717) is 5.92 Å². The van der Waals surface area contributed by atoms with Crippen LogP contribution in [0.1, 0.15) is 47.9 Å². The third-order valence-corrected chi connectivity index (χ3v) is 4.22. The van der Waals surface area contributed by atoms with Gasteiger partial charge in [-0.25, -0.2) is 4.68 Å². The highest BCUT2D eigenvalue weighted by atomic mass is 16.5. The van der Waals surface area contributed by atoms with Crippen LogP contribution in [-0.2, 0) is 0 Å². The van der Waals surface area contributed by atoms with Crippen molar-refractivity contribution in [2.75, 3.05) is 19.0 Å². The number of anilines is 1. The zero-order chi connectivity index (χ0) is 17.0. The van der Waals surface area contributed by atoms with E-state index in [4.69, 9.17) is 4.74 Å². The molecule has 0 spiro atoms. The summed E-state index contributed by atoms with van der Waals surface area (Å²) < 4.78 is 6.64. The van der Waals surface area contributed by atoms with Crippen molar-refractivity contribution in [1.82, 2.24) is 9.78 Å². The molecule has 23 heavy (non-hydrogen) atoms. The zero-order valence-corrected chi connectivity index (χ0v) is 14.5. The second kappa shape index (κ2) is 7.31. The van der Waals surface area contributed by atoms with Crippen LogP contribution in [-0.4, -0.2) is 29.3 Å². The Morgan fingerprint density at radius 1 is 1.30 bits per heavy atom. The summed E-state index contributed by atoms with van der Waals surface area (Å²) in [7, 11) is 1.63. The lowest BCUT2D eigenvalue weighted by atomic mass is 9.97. The van der Waals surface area contributed by atoms with E-state index in [1.165, 1.54) is 10.2 Å². The van der Waals surface area contributed by atoms with Crippen molar-refractivity contribution in [3.05, 3.63) is 41.2 Å². The van der Waals surface area contributed by atoms with Gasteiger partial charge in [0.15, 0.2) is 0 Å². The molecule has 1 aromatic carbocycles. The molecule has 5 nitrogen and oxygen atoms in total. The summed E-state index contributed by atoms with van der Waals surface area (Å²) in [6.45, 7) is 8.45. The molecule has 1 atom stereocenters. The van der Waals surface area contributed by atoms with Crippen LogP contribution in [0.2, 0.25) is 0 Å². The maximum atomic E-state index is 12.5. The molecule has 2 aromatic rings. The van der Waals surface area contributed by atoms with Crippen LogP contribution in [0.5, 0.6) is 5.75 Å². The minimum Gasteiger partial charge on any atom is -0.497 e. The molecule has 1 aromatic heterocycles. The number of aryl methyl sites for hydroxylation is 1. The molecule has 0 radical (unpaired) electrons. The van der Waals surface area contributed by atoms with Gasteiger partial charge in [-0.1, -0.05) is 13.8 Å². The number of benzene rings is 1. The summed E-state index contributed by atoms with van der Waals surface area (Å²) in [6, 6.07) is 7.49. The Labute approximate surface area is 137 Å². The molecule has 0 saturated heterocycles. The Hall–Kier alpha value is -2.30. The molecule has 0 saturated carbocycles. The molecule has 0 amide bonds. The second-order valence-corrected chi connectivity index (χ2v) is 5.78. The maximum Gasteiger partial charge on any atom is 0.266 e. The van der Waals surface area contributed by atoms with E-state index in [2.05, 4.69) is 24.3 Å². The van der Waals surface area contributed by atoms with Crippen LogP contribution in [0.25, 0.3) is 0 Å². The minimum atomic E-state index is -0.0593. The summed E-state index contributed by atoms with van der Waals surface area (Å²) in [4.78, 5) is 12.5. The molecule has 5 heteroatoms. The van der Waals surface area contributed by atoms with E-state index in [0.717, 1.165) is 29.2 Å². The van der Waals surface area contributed by atoms with Gasteiger partial charge in [0.1, 0.15) is 5.75 Å². The third-order valence-electron chi connectivity index (χ3n) is 4.22. The predicted octanol–water partition coefficient (Wildman–Crippen LogP) is 3.77. The van der Waals surface area contributed by atoms with E-state index in [-0.39, 0.29) is 12.5 Å². The number of hydrogen-bond acceptors (Lipinski definition) is 4. The quantitative estimate of drug-likeness (QED) is 0.881. The van der Waals surface area contributed by atoms with E-state index >= 15 is 0 Å². The number of hydrogen-bond donors (Lipinski definition) is 1. The van der Waals surface area contributed by atoms with E-state index in [1.807, 2.05) is 38.1 Å². The van der Waals surface area contributed by atoms with Crippen molar-refractivity contribution in [3.8, 4) is 5.75 Å². The first-order valence-corrected chi connectivity index (χ1v) is 7.95. The van der Waals surface area contributed by atoms with Gasteiger partial charge in [-0.15, -0.1) is 0 Å². The van der Waals surface area contributed by atoms with Crippen molar-refractivity contribution in [3.63, 3.8) is 0 Å². The number of aromatic nitrogens is 2. The Kier molecular flexibility index (Phi) is 5.42. The van der Waals surface area contributed by atoms with Gasteiger partial charge in [0.2, 0.25) is 0 Å². The normalized spacial score (nSPS) is 12.0. The lowest BCUT2D eigenvalue weighted by Crippen LogP contribution is -2.23. The Morgan fingerprint density at radius 3 is 2.52 bits per heavy atom. The summed E-state index contributed by atoms with van der Waals surface area (Å²) in [5.74, 6) is 1.14. The smallest absolute Gasteiger partial charge is 0.266 e. The van der Waals surface area contributed by atoms with E-state index < -0.39 is 0 Å². The first kappa shape index (κ1) is 17.1. The van der Waals surface area contributed by atoms with Crippen molar-refractivity contribution in [2.45, 2.75) is 40.0 Å². The van der Waals surface area contributed by atoms with Crippen molar-refractivity contribution >= 4 is 11.6 Å². The fraction of sp³-hybridized carbons (Fsp3) is 0.444. The number of carbonyl (C=O) groups excluding carboxylic acids is 1. The SMILES string of the molecule is CCC(C)c1c(C)nn(C(=O)CNc2ccc(OC)cc2)c1C. The van der Waals surface area contributed by atoms with Gasteiger partial charge < -0.3 is 10.1 Å². The molecule has 1 heterocycles. The summed E-state index contributed by atoms with van der Waals surface area (Å²) in [5.41, 5.74) is 3.95. The third kappa shape index (κ3) is 3.73. The molecule has 2 rings (SSSR count). The van der Waals surface area contributed by atoms with Gasteiger partial charge in [-0.2, -0.15) is 5.10 Å². The van der Waals surface area contributed by atoms with Gasteiger partial charge in [0, 0.05) is 11.4 Å². The molecule has 0 aliphatic heterocycles. The summed E-state index contributed by atoms with van der Waals surface area (Å²) in [6.07, 6.45) is 1.03.